The molecule has 9 heavy (non-hydrogen) atoms. The van der Waals surface area contributed by atoms with Gasteiger partial charge in [0.15, 0.2) is 6.29 Å². The van der Waals surface area contributed by atoms with Gasteiger partial charge in [-0.1, -0.05) is 0 Å². The van der Waals surface area contributed by atoms with Crippen molar-refractivity contribution in [2.24, 2.45) is 5.73 Å². The van der Waals surface area contributed by atoms with E-state index in [1.54, 1.807) is 0 Å². The van der Waals surface area contributed by atoms with Crippen molar-refractivity contribution in [3.63, 3.8) is 0 Å². The molecule has 0 aliphatic heterocycles. The third-order valence-electron chi connectivity index (χ3n) is 0.872. The first-order valence-corrected chi connectivity index (χ1v) is 3.24. The fourth-order valence-electron chi connectivity index (χ4n) is 0.517. The van der Waals surface area contributed by atoms with Crippen molar-refractivity contribution in [1.82, 2.24) is 0 Å². The summed E-state index contributed by atoms with van der Waals surface area (Å²) in [7, 11) is 0. The molecule has 0 saturated carbocycles. The van der Waals surface area contributed by atoms with Crippen molar-refractivity contribution < 1.29 is 9.47 Å². The number of hydrogen-bond acceptors (Lipinski definition) is 3. The quantitative estimate of drug-likeness (QED) is 0.550. The van der Waals surface area contributed by atoms with Crippen LogP contribution in [0.25, 0.3) is 0 Å². The smallest absolute Gasteiger partial charge is 0.154 e. The van der Waals surface area contributed by atoms with Gasteiger partial charge >= 0.3 is 0 Å². The van der Waals surface area contributed by atoms with Crippen LogP contribution in [0.5, 0.6) is 0 Å². The molecule has 0 saturated heterocycles. The van der Waals surface area contributed by atoms with E-state index in [0.29, 0.717) is 19.8 Å². The van der Waals surface area contributed by atoms with Crippen molar-refractivity contribution in [1.29, 1.82) is 0 Å². The van der Waals surface area contributed by atoms with Crippen LogP contribution in [0.2, 0.25) is 0 Å². The zero-order chi connectivity index (χ0) is 7.11. The zero-order valence-corrected chi connectivity index (χ0v) is 6.09. The minimum atomic E-state index is -0.112. The lowest BCUT2D eigenvalue weighted by Gasteiger charge is -2.10. The third-order valence-corrected chi connectivity index (χ3v) is 0.872. The van der Waals surface area contributed by atoms with Gasteiger partial charge in [0.2, 0.25) is 0 Å². The molecule has 0 aromatic rings. The summed E-state index contributed by atoms with van der Waals surface area (Å²) < 4.78 is 10.2. The lowest BCUT2D eigenvalue weighted by atomic mass is 10.7. The molecule has 0 bridgehead atoms. The Bertz CT molecular complexity index is 59.0. The molecule has 0 radical (unpaired) electrons. The van der Waals surface area contributed by atoms with E-state index in [9.17, 15) is 0 Å². The molecule has 0 unspecified atom stereocenters. The molecule has 0 amide bonds. The highest BCUT2D eigenvalue weighted by molar-refractivity contribution is 4.33. The van der Waals surface area contributed by atoms with Gasteiger partial charge in [-0.25, -0.2) is 0 Å². The van der Waals surface area contributed by atoms with E-state index < -0.39 is 0 Å². The summed E-state index contributed by atoms with van der Waals surface area (Å²) in [6.07, 6.45) is -0.112. The van der Waals surface area contributed by atoms with Crippen LogP contribution < -0.4 is 5.73 Å². The largest absolute Gasteiger partial charge is 0.353 e. The van der Waals surface area contributed by atoms with Crippen LogP contribution in [0.4, 0.5) is 0 Å². The Morgan fingerprint density at radius 3 is 2.56 bits per heavy atom. The second-order valence-corrected chi connectivity index (χ2v) is 1.68. The van der Waals surface area contributed by atoms with E-state index in [4.69, 9.17) is 15.2 Å². The van der Waals surface area contributed by atoms with Crippen molar-refractivity contribution in [3.05, 3.63) is 0 Å². The van der Waals surface area contributed by atoms with Crippen LogP contribution in [-0.2, 0) is 9.47 Å². The molecule has 0 aliphatic carbocycles. The van der Waals surface area contributed by atoms with Gasteiger partial charge in [0.1, 0.15) is 0 Å². The monoisotopic (exact) mass is 133 g/mol. The second kappa shape index (κ2) is 6.01. The normalized spacial score (nSPS) is 13.7. The SMILES string of the molecule is CCO[C@@H](C)OCCN. The molecule has 0 aromatic heterocycles. The minimum absolute atomic E-state index is 0.112. The fraction of sp³-hybridized carbons (Fsp3) is 1.00. The fourth-order valence-corrected chi connectivity index (χ4v) is 0.517. The van der Waals surface area contributed by atoms with Crippen LogP contribution in [0, 0.1) is 0 Å². The lowest BCUT2D eigenvalue weighted by molar-refractivity contribution is -0.124. The van der Waals surface area contributed by atoms with Crippen molar-refractivity contribution in [2.75, 3.05) is 19.8 Å². The summed E-state index contributed by atoms with van der Waals surface area (Å²) in [4.78, 5) is 0. The maximum Gasteiger partial charge on any atom is 0.154 e. The van der Waals surface area contributed by atoms with Crippen LogP contribution in [0.3, 0.4) is 0 Å². The molecule has 0 rings (SSSR count). The van der Waals surface area contributed by atoms with Gasteiger partial charge in [-0.2, -0.15) is 0 Å². The van der Waals surface area contributed by atoms with Crippen LogP contribution >= 0.6 is 0 Å². The molecule has 2 N–H and O–H groups in total. The average molecular weight is 133 g/mol. The van der Waals surface area contributed by atoms with Gasteiger partial charge in [0.25, 0.3) is 0 Å². The maximum atomic E-state index is 5.19. The molecule has 0 aromatic carbocycles. The van der Waals surface area contributed by atoms with Gasteiger partial charge in [-0.3, -0.25) is 0 Å². The van der Waals surface area contributed by atoms with Crippen LogP contribution in [-0.4, -0.2) is 26.0 Å². The Hall–Kier alpha value is -0.120. The Morgan fingerprint density at radius 2 is 2.11 bits per heavy atom. The predicted molar refractivity (Wildman–Crippen MR) is 36.1 cm³/mol. The highest BCUT2D eigenvalue weighted by Gasteiger charge is 1.96. The molecule has 3 nitrogen and oxygen atoms in total. The van der Waals surface area contributed by atoms with Gasteiger partial charge in [-0.15, -0.1) is 0 Å². The molecular weight excluding hydrogens is 118 g/mol. The Kier molecular flexibility index (Phi) is 5.93. The van der Waals surface area contributed by atoms with E-state index in [2.05, 4.69) is 0 Å². The summed E-state index contributed by atoms with van der Waals surface area (Å²) >= 11 is 0. The van der Waals surface area contributed by atoms with Gasteiger partial charge < -0.3 is 15.2 Å². The molecule has 0 heterocycles. The highest BCUT2D eigenvalue weighted by atomic mass is 16.7. The minimum Gasteiger partial charge on any atom is -0.353 e. The first kappa shape index (κ1) is 8.88. The highest BCUT2D eigenvalue weighted by Crippen LogP contribution is 1.90. The molecule has 0 fully saturated rings. The number of ether oxygens (including phenoxy) is 2. The van der Waals surface area contributed by atoms with E-state index >= 15 is 0 Å². The van der Waals surface area contributed by atoms with E-state index in [0.717, 1.165) is 0 Å². The van der Waals surface area contributed by atoms with Gasteiger partial charge in [0.05, 0.1) is 6.61 Å². The Morgan fingerprint density at radius 1 is 1.44 bits per heavy atom. The van der Waals surface area contributed by atoms with E-state index in [1.807, 2.05) is 13.8 Å². The molecule has 56 valence electrons. The molecule has 0 aliphatic rings. The first-order chi connectivity index (χ1) is 4.31. The molecular formula is C6H15NO2. The molecule has 3 heteroatoms. The van der Waals surface area contributed by atoms with Crippen LogP contribution in [0.1, 0.15) is 13.8 Å². The summed E-state index contributed by atoms with van der Waals surface area (Å²) in [5.74, 6) is 0. The molecule has 1 atom stereocenters. The summed E-state index contributed by atoms with van der Waals surface area (Å²) in [5.41, 5.74) is 5.19. The second-order valence-electron chi connectivity index (χ2n) is 1.68. The van der Waals surface area contributed by atoms with Crippen LogP contribution in [0.15, 0.2) is 0 Å². The summed E-state index contributed by atoms with van der Waals surface area (Å²) in [6.45, 7) is 5.60. The Labute approximate surface area is 56.1 Å². The van der Waals surface area contributed by atoms with Crippen molar-refractivity contribution >= 4 is 0 Å². The maximum absolute atomic E-state index is 5.19. The number of rotatable bonds is 5. The topological polar surface area (TPSA) is 44.5 Å². The van der Waals surface area contributed by atoms with E-state index in [1.165, 1.54) is 0 Å². The Balaban J connectivity index is 2.95. The zero-order valence-electron chi connectivity index (χ0n) is 6.09. The predicted octanol–water partition coefficient (Wildman–Crippen LogP) is 0.344. The number of nitrogens with two attached hydrogens (primary N) is 1. The average Bonchev–Trinajstić information content (AvgIpc) is 1.85. The van der Waals surface area contributed by atoms with Crippen molar-refractivity contribution in [2.45, 2.75) is 20.1 Å². The standard InChI is InChI=1S/C6H15NO2/c1-3-8-6(2)9-5-4-7/h6H,3-5,7H2,1-2H3/t6-/m1/s1. The third kappa shape index (κ3) is 5.76. The summed E-state index contributed by atoms with van der Waals surface area (Å²) in [6, 6.07) is 0. The first-order valence-electron chi connectivity index (χ1n) is 3.24. The number of hydrogen-bond donors (Lipinski definition) is 1. The van der Waals surface area contributed by atoms with Crippen molar-refractivity contribution in [3.8, 4) is 0 Å². The molecule has 0 spiro atoms. The van der Waals surface area contributed by atoms with Gasteiger partial charge in [-0.05, 0) is 13.8 Å². The van der Waals surface area contributed by atoms with E-state index in [-0.39, 0.29) is 6.29 Å². The lowest BCUT2D eigenvalue weighted by Crippen LogP contribution is -2.17. The van der Waals surface area contributed by atoms with Gasteiger partial charge in [0, 0.05) is 13.2 Å². The summed E-state index contributed by atoms with van der Waals surface area (Å²) in [5, 5.41) is 0.